The molecule has 1 unspecified atom stereocenters. The first kappa shape index (κ1) is 15.0. The van der Waals surface area contributed by atoms with E-state index in [0.29, 0.717) is 30.0 Å². The maximum atomic E-state index is 13.5. The molecule has 1 saturated heterocycles. The standard InChI is InChI=1S/C16H17ClFN3O/c17-13-4-3-11(18)10-12(13)14-2-1-9-21(14)16(22)6-5-15-19-7-8-20-15/h3-4,7-8,10,14H,1-2,5-6,9H2,(H,19,20). The molecule has 0 spiro atoms. The second-order valence-electron chi connectivity index (χ2n) is 5.45. The summed E-state index contributed by atoms with van der Waals surface area (Å²) in [7, 11) is 0. The first-order valence-corrected chi connectivity index (χ1v) is 7.75. The fourth-order valence-electron chi connectivity index (χ4n) is 2.96. The van der Waals surface area contributed by atoms with Crippen LogP contribution in [0.3, 0.4) is 0 Å². The zero-order valence-electron chi connectivity index (χ0n) is 12.1. The fraction of sp³-hybridized carbons (Fsp3) is 0.375. The van der Waals surface area contributed by atoms with Gasteiger partial charge in [0.2, 0.25) is 5.91 Å². The van der Waals surface area contributed by atoms with Crippen molar-refractivity contribution in [1.29, 1.82) is 0 Å². The van der Waals surface area contributed by atoms with E-state index in [1.165, 1.54) is 12.1 Å². The van der Waals surface area contributed by atoms with Crippen LogP contribution in [0.1, 0.15) is 36.7 Å². The third-order valence-corrected chi connectivity index (χ3v) is 4.36. The Labute approximate surface area is 133 Å². The Morgan fingerprint density at radius 1 is 1.50 bits per heavy atom. The van der Waals surface area contributed by atoms with Crippen LogP contribution in [-0.4, -0.2) is 27.3 Å². The van der Waals surface area contributed by atoms with Gasteiger partial charge in [0.1, 0.15) is 11.6 Å². The van der Waals surface area contributed by atoms with Gasteiger partial charge in [-0.05, 0) is 36.6 Å². The van der Waals surface area contributed by atoms with Gasteiger partial charge in [0.05, 0.1) is 6.04 Å². The van der Waals surface area contributed by atoms with E-state index in [1.54, 1.807) is 18.5 Å². The van der Waals surface area contributed by atoms with Gasteiger partial charge in [-0.1, -0.05) is 11.6 Å². The Morgan fingerprint density at radius 3 is 3.14 bits per heavy atom. The molecule has 0 bridgehead atoms. The predicted molar refractivity (Wildman–Crippen MR) is 82.0 cm³/mol. The molecule has 3 rings (SSSR count). The largest absolute Gasteiger partial charge is 0.349 e. The topological polar surface area (TPSA) is 49.0 Å². The minimum atomic E-state index is -0.325. The highest BCUT2D eigenvalue weighted by Gasteiger charge is 2.31. The lowest BCUT2D eigenvalue weighted by atomic mass is 10.0. The number of H-pyrrole nitrogens is 1. The molecule has 1 aliphatic rings. The minimum Gasteiger partial charge on any atom is -0.349 e. The minimum absolute atomic E-state index is 0.0548. The van der Waals surface area contributed by atoms with Crippen LogP contribution in [0.25, 0.3) is 0 Å². The fourth-order valence-corrected chi connectivity index (χ4v) is 3.21. The van der Waals surface area contributed by atoms with Gasteiger partial charge < -0.3 is 9.88 Å². The Morgan fingerprint density at radius 2 is 2.36 bits per heavy atom. The van der Waals surface area contributed by atoms with Crippen molar-refractivity contribution >= 4 is 17.5 Å². The normalized spacial score (nSPS) is 17.9. The Kier molecular flexibility index (Phi) is 4.43. The number of aromatic amines is 1. The molecule has 0 radical (unpaired) electrons. The average molecular weight is 322 g/mol. The van der Waals surface area contributed by atoms with Crippen LogP contribution in [0, 0.1) is 5.82 Å². The number of imidazole rings is 1. The number of aromatic nitrogens is 2. The summed E-state index contributed by atoms with van der Waals surface area (Å²) in [6, 6.07) is 4.19. The first-order valence-electron chi connectivity index (χ1n) is 7.38. The summed E-state index contributed by atoms with van der Waals surface area (Å²) >= 11 is 6.18. The number of hydrogen-bond acceptors (Lipinski definition) is 2. The lowest BCUT2D eigenvalue weighted by molar-refractivity contribution is -0.132. The predicted octanol–water partition coefficient (Wildman–Crippen LogP) is 3.50. The van der Waals surface area contributed by atoms with E-state index in [0.717, 1.165) is 18.7 Å². The lowest BCUT2D eigenvalue weighted by Crippen LogP contribution is -2.31. The molecule has 1 aromatic heterocycles. The van der Waals surface area contributed by atoms with Crippen molar-refractivity contribution < 1.29 is 9.18 Å². The molecule has 4 nitrogen and oxygen atoms in total. The number of carbonyl (C=O) groups excluding carboxylic acids is 1. The second kappa shape index (κ2) is 6.48. The van der Waals surface area contributed by atoms with E-state index in [2.05, 4.69) is 9.97 Å². The van der Waals surface area contributed by atoms with E-state index in [9.17, 15) is 9.18 Å². The Hall–Kier alpha value is -1.88. The van der Waals surface area contributed by atoms with Gasteiger partial charge in [-0.15, -0.1) is 0 Å². The van der Waals surface area contributed by atoms with Crippen molar-refractivity contribution in [3.05, 3.63) is 52.8 Å². The number of amides is 1. The second-order valence-corrected chi connectivity index (χ2v) is 5.85. The molecule has 1 atom stereocenters. The molecule has 22 heavy (non-hydrogen) atoms. The van der Waals surface area contributed by atoms with E-state index < -0.39 is 0 Å². The summed E-state index contributed by atoms with van der Waals surface area (Å²) in [6.07, 6.45) is 6.10. The van der Waals surface area contributed by atoms with Crippen molar-refractivity contribution in [3.8, 4) is 0 Å². The maximum absolute atomic E-state index is 13.5. The summed E-state index contributed by atoms with van der Waals surface area (Å²) in [4.78, 5) is 21.4. The number of benzene rings is 1. The van der Waals surface area contributed by atoms with Gasteiger partial charge in [0, 0.05) is 36.8 Å². The number of carbonyl (C=O) groups is 1. The average Bonchev–Trinajstić information content (AvgIpc) is 3.18. The third-order valence-electron chi connectivity index (χ3n) is 4.02. The molecule has 1 N–H and O–H groups in total. The van der Waals surface area contributed by atoms with Gasteiger partial charge >= 0.3 is 0 Å². The molecule has 0 aliphatic carbocycles. The van der Waals surface area contributed by atoms with Crippen LogP contribution in [0.2, 0.25) is 5.02 Å². The maximum Gasteiger partial charge on any atom is 0.223 e. The van der Waals surface area contributed by atoms with Crippen molar-refractivity contribution in [1.82, 2.24) is 14.9 Å². The van der Waals surface area contributed by atoms with Gasteiger partial charge in [0.25, 0.3) is 0 Å². The summed E-state index contributed by atoms with van der Waals surface area (Å²) < 4.78 is 13.5. The highest BCUT2D eigenvalue weighted by Crippen LogP contribution is 2.36. The summed E-state index contributed by atoms with van der Waals surface area (Å²) in [5.41, 5.74) is 0.700. The molecule has 0 saturated carbocycles. The zero-order valence-corrected chi connectivity index (χ0v) is 12.8. The van der Waals surface area contributed by atoms with Crippen LogP contribution in [0.5, 0.6) is 0 Å². The molecular formula is C16H17ClFN3O. The SMILES string of the molecule is O=C(CCc1ncc[nH]1)N1CCCC1c1cc(F)ccc1Cl. The van der Waals surface area contributed by atoms with Gasteiger partial charge in [0.15, 0.2) is 0 Å². The Bertz CT molecular complexity index is 659. The summed E-state index contributed by atoms with van der Waals surface area (Å²) in [6.45, 7) is 0.689. The van der Waals surface area contributed by atoms with Crippen LogP contribution in [-0.2, 0) is 11.2 Å². The van der Waals surface area contributed by atoms with E-state index in [4.69, 9.17) is 11.6 Å². The summed E-state index contributed by atoms with van der Waals surface area (Å²) in [5.74, 6) is 0.529. The van der Waals surface area contributed by atoms with E-state index >= 15 is 0 Å². The number of aryl methyl sites for hydroxylation is 1. The quantitative estimate of drug-likeness (QED) is 0.937. The zero-order chi connectivity index (χ0) is 15.5. The molecule has 116 valence electrons. The highest BCUT2D eigenvalue weighted by molar-refractivity contribution is 6.31. The van der Waals surface area contributed by atoms with E-state index in [1.807, 2.05) is 4.90 Å². The lowest BCUT2D eigenvalue weighted by Gasteiger charge is -2.26. The molecule has 2 heterocycles. The molecular weight excluding hydrogens is 305 g/mol. The van der Waals surface area contributed by atoms with Crippen LogP contribution in [0.4, 0.5) is 4.39 Å². The number of nitrogens with zero attached hydrogens (tertiary/aromatic N) is 2. The third kappa shape index (κ3) is 3.14. The van der Waals surface area contributed by atoms with Crippen molar-refractivity contribution in [2.45, 2.75) is 31.7 Å². The number of halogens is 2. The molecule has 6 heteroatoms. The Balaban J connectivity index is 1.72. The smallest absolute Gasteiger partial charge is 0.223 e. The number of hydrogen-bond donors (Lipinski definition) is 1. The summed E-state index contributed by atoms with van der Waals surface area (Å²) in [5, 5.41) is 0.511. The van der Waals surface area contributed by atoms with Crippen LogP contribution >= 0.6 is 11.6 Å². The van der Waals surface area contributed by atoms with Gasteiger partial charge in [-0.3, -0.25) is 4.79 Å². The molecule has 1 fully saturated rings. The monoisotopic (exact) mass is 321 g/mol. The van der Waals surface area contributed by atoms with Crippen molar-refractivity contribution in [2.75, 3.05) is 6.54 Å². The van der Waals surface area contributed by atoms with Gasteiger partial charge in [-0.25, -0.2) is 9.37 Å². The number of nitrogens with one attached hydrogen (secondary N) is 1. The van der Waals surface area contributed by atoms with Crippen molar-refractivity contribution in [3.63, 3.8) is 0 Å². The number of rotatable bonds is 4. The highest BCUT2D eigenvalue weighted by atomic mass is 35.5. The van der Waals surface area contributed by atoms with Crippen LogP contribution < -0.4 is 0 Å². The van der Waals surface area contributed by atoms with E-state index in [-0.39, 0.29) is 17.8 Å². The first-order chi connectivity index (χ1) is 10.6. The number of likely N-dealkylation sites (tertiary alicyclic amines) is 1. The van der Waals surface area contributed by atoms with Crippen LogP contribution in [0.15, 0.2) is 30.6 Å². The van der Waals surface area contributed by atoms with Gasteiger partial charge in [-0.2, -0.15) is 0 Å². The molecule has 1 aliphatic heterocycles. The molecule has 2 aromatic rings. The molecule has 1 amide bonds. The molecule has 1 aromatic carbocycles. The van der Waals surface area contributed by atoms with Crippen molar-refractivity contribution in [2.24, 2.45) is 0 Å².